The number of carbonyl (C=O) groups is 2. The molecule has 1 aromatic carbocycles. The average molecular weight is 425 g/mol. The molecule has 1 saturated carbocycles. The van der Waals surface area contributed by atoms with Gasteiger partial charge in [-0.05, 0) is 44.4 Å². The predicted molar refractivity (Wildman–Crippen MR) is 100 cm³/mol. The van der Waals surface area contributed by atoms with Crippen LogP contribution >= 0.6 is 0 Å². The van der Waals surface area contributed by atoms with Gasteiger partial charge in [0.25, 0.3) is 0 Å². The van der Waals surface area contributed by atoms with Crippen LogP contribution in [0.25, 0.3) is 0 Å². The van der Waals surface area contributed by atoms with Crippen molar-refractivity contribution in [2.24, 2.45) is 0 Å². The van der Waals surface area contributed by atoms with Crippen molar-refractivity contribution < 1.29 is 37.0 Å². The maximum absolute atomic E-state index is 12.7. The van der Waals surface area contributed by atoms with Crippen molar-refractivity contribution in [2.75, 3.05) is 14.2 Å². The highest BCUT2D eigenvalue weighted by atomic mass is 19.4. The Morgan fingerprint density at radius 2 is 1.40 bits per heavy atom. The lowest BCUT2D eigenvalue weighted by molar-refractivity contribution is -0.274. The Morgan fingerprint density at radius 3 is 1.77 bits per heavy atom. The lowest BCUT2D eigenvalue weighted by Gasteiger charge is -2.38. The molecule has 0 amide bonds. The Kier molecular flexibility index (Phi) is 5.83. The Morgan fingerprint density at radius 1 is 0.933 bits per heavy atom. The summed E-state index contributed by atoms with van der Waals surface area (Å²) >= 11 is 0. The zero-order chi connectivity index (χ0) is 22.2. The molecule has 0 radical (unpaired) electrons. The van der Waals surface area contributed by atoms with E-state index in [-0.39, 0.29) is 17.2 Å². The van der Waals surface area contributed by atoms with Gasteiger partial charge in [0.05, 0.1) is 31.3 Å². The van der Waals surface area contributed by atoms with E-state index in [9.17, 15) is 22.8 Å². The molecule has 1 aliphatic heterocycles. The molecule has 6 nitrogen and oxygen atoms in total. The summed E-state index contributed by atoms with van der Waals surface area (Å²) < 4.78 is 51.3. The van der Waals surface area contributed by atoms with Crippen molar-refractivity contribution >= 4 is 11.9 Å². The van der Waals surface area contributed by atoms with Gasteiger partial charge in [-0.2, -0.15) is 0 Å². The van der Waals surface area contributed by atoms with Crippen molar-refractivity contribution in [3.8, 4) is 5.75 Å². The summed E-state index contributed by atoms with van der Waals surface area (Å²) in [5.41, 5.74) is 2.24. The van der Waals surface area contributed by atoms with Gasteiger partial charge in [0.2, 0.25) is 0 Å². The van der Waals surface area contributed by atoms with Gasteiger partial charge < -0.3 is 19.1 Å². The molecule has 1 fully saturated rings. The van der Waals surface area contributed by atoms with Crippen LogP contribution in [-0.4, -0.2) is 43.5 Å². The minimum atomic E-state index is -4.82. The van der Waals surface area contributed by atoms with Gasteiger partial charge in [-0.1, -0.05) is 12.1 Å². The zero-order valence-electron chi connectivity index (χ0n) is 17.0. The first kappa shape index (κ1) is 21.7. The molecule has 1 aliphatic carbocycles. The fraction of sp³-hybridized carbons (Fsp3) is 0.429. The third-order valence-corrected chi connectivity index (χ3v) is 5.25. The molecule has 30 heavy (non-hydrogen) atoms. The van der Waals surface area contributed by atoms with Gasteiger partial charge in [0, 0.05) is 17.4 Å². The quantitative estimate of drug-likeness (QED) is 0.664. The van der Waals surface area contributed by atoms with Crippen LogP contribution in [0.3, 0.4) is 0 Å². The summed E-state index contributed by atoms with van der Waals surface area (Å²) in [5, 5.41) is 0. The number of nitrogens with zero attached hydrogens (tertiary/aromatic N) is 1. The van der Waals surface area contributed by atoms with Crippen LogP contribution in [0.2, 0.25) is 0 Å². The van der Waals surface area contributed by atoms with E-state index in [1.54, 1.807) is 13.8 Å². The molecule has 0 saturated heterocycles. The van der Waals surface area contributed by atoms with Gasteiger partial charge in [-0.15, -0.1) is 13.2 Å². The monoisotopic (exact) mass is 425 g/mol. The van der Waals surface area contributed by atoms with E-state index >= 15 is 0 Å². The number of carbonyl (C=O) groups excluding carboxylic acids is 2. The molecule has 9 heteroatoms. The number of hydrogen-bond acceptors (Lipinski definition) is 6. The Labute approximate surface area is 171 Å². The maximum Gasteiger partial charge on any atom is 0.573 e. The van der Waals surface area contributed by atoms with Crippen LogP contribution in [-0.2, 0) is 19.1 Å². The molecule has 0 aromatic heterocycles. The summed E-state index contributed by atoms with van der Waals surface area (Å²) in [7, 11) is 2.48. The molecule has 0 N–H and O–H groups in total. The SMILES string of the molecule is COC(=O)C1=C(C)N(C2CC2)C(C)=C(C(=O)OC)C1c1ccc(OC(F)(F)F)cc1. The first-order valence-electron chi connectivity index (χ1n) is 9.32. The van der Waals surface area contributed by atoms with Crippen LogP contribution in [0.1, 0.15) is 38.2 Å². The van der Waals surface area contributed by atoms with E-state index in [1.165, 1.54) is 26.4 Å². The van der Waals surface area contributed by atoms with Crippen molar-refractivity contribution in [1.82, 2.24) is 4.90 Å². The van der Waals surface area contributed by atoms with Crippen LogP contribution in [0.5, 0.6) is 5.75 Å². The number of benzene rings is 1. The third-order valence-electron chi connectivity index (χ3n) is 5.25. The Balaban J connectivity index is 2.14. The fourth-order valence-electron chi connectivity index (χ4n) is 3.90. The fourth-order valence-corrected chi connectivity index (χ4v) is 3.90. The van der Waals surface area contributed by atoms with E-state index in [1.807, 2.05) is 4.90 Å². The first-order valence-corrected chi connectivity index (χ1v) is 9.32. The number of halogens is 3. The normalized spacial score (nSPS) is 17.9. The highest BCUT2D eigenvalue weighted by molar-refractivity contribution is 5.99. The number of allylic oxidation sites excluding steroid dienone is 2. The summed E-state index contributed by atoms with van der Waals surface area (Å²) in [6, 6.07) is 5.25. The highest BCUT2D eigenvalue weighted by Crippen LogP contribution is 2.46. The minimum Gasteiger partial charge on any atom is -0.466 e. The van der Waals surface area contributed by atoms with E-state index in [2.05, 4.69) is 4.74 Å². The number of methoxy groups -OCH3 is 2. The molecule has 2 aliphatic rings. The number of ether oxygens (including phenoxy) is 3. The van der Waals surface area contributed by atoms with Gasteiger partial charge in [-0.3, -0.25) is 0 Å². The predicted octanol–water partition coefficient (Wildman–Crippen LogP) is 4.04. The molecular weight excluding hydrogens is 403 g/mol. The van der Waals surface area contributed by atoms with E-state index in [0.717, 1.165) is 25.0 Å². The van der Waals surface area contributed by atoms with Crippen LogP contribution < -0.4 is 4.74 Å². The van der Waals surface area contributed by atoms with E-state index in [0.29, 0.717) is 17.0 Å². The summed E-state index contributed by atoms with van der Waals surface area (Å²) in [5.74, 6) is -2.48. The average Bonchev–Trinajstić information content (AvgIpc) is 3.51. The smallest absolute Gasteiger partial charge is 0.466 e. The number of alkyl halides is 3. The molecule has 0 bridgehead atoms. The second-order valence-electron chi connectivity index (χ2n) is 7.13. The first-order chi connectivity index (χ1) is 14.1. The topological polar surface area (TPSA) is 65.1 Å². The zero-order valence-corrected chi connectivity index (χ0v) is 17.0. The van der Waals surface area contributed by atoms with Gasteiger partial charge in [0.15, 0.2) is 0 Å². The maximum atomic E-state index is 12.7. The van der Waals surface area contributed by atoms with Gasteiger partial charge in [-0.25, -0.2) is 9.59 Å². The van der Waals surface area contributed by atoms with Crippen LogP contribution in [0.15, 0.2) is 46.8 Å². The van der Waals surface area contributed by atoms with Crippen molar-refractivity contribution in [3.05, 3.63) is 52.4 Å². The van der Waals surface area contributed by atoms with Crippen LogP contribution in [0, 0.1) is 0 Å². The second-order valence-corrected chi connectivity index (χ2v) is 7.13. The van der Waals surface area contributed by atoms with Gasteiger partial charge >= 0.3 is 18.3 Å². The minimum absolute atomic E-state index is 0.174. The molecule has 1 aromatic rings. The lowest BCUT2D eigenvalue weighted by Crippen LogP contribution is -2.36. The number of hydrogen-bond donors (Lipinski definition) is 0. The molecule has 0 unspecified atom stereocenters. The molecular formula is C21H22F3NO5. The Bertz CT molecular complexity index is 874. The summed E-state index contributed by atoms with van der Waals surface area (Å²) in [6.45, 7) is 3.55. The van der Waals surface area contributed by atoms with Crippen molar-refractivity contribution in [2.45, 2.75) is 45.0 Å². The highest BCUT2D eigenvalue weighted by Gasteiger charge is 2.44. The number of esters is 2. The largest absolute Gasteiger partial charge is 0.573 e. The molecule has 162 valence electrons. The van der Waals surface area contributed by atoms with Crippen molar-refractivity contribution in [3.63, 3.8) is 0 Å². The summed E-state index contributed by atoms with van der Waals surface area (Å²) in [6.07, 6.45) is -2.98. The molecule has 0 spiro atoms. The van der Waals surface area contributed by atoms with Gasteiger partial charge in [0.1, 0.15) is 5.75 Å². The summed E-state index contributed by atoms with van der Waals surface area (Å²) in [4.78, 5) is 27.4. The van der Waals surface area contributed by atoms with Crippen LogP contribution in [0.4, 0.5) is 13.2 Å². The van der Waals surface area contributed by atoms with E-state index < -0.39 is 30.0 Å². The number of rotatable bonds is 5. The third kappa shape index (κ3) is 4.15. The lowest BCUT2D eigenvalue weighted by atomic mass is 9.79. The molecule has 1 heterocycles. The van der Waals surface area contributed by atoms with E-state index in [4.69, 9.17) is 9.47 Å². The van der Waals surface area contributed by atoms with Crippen molar-refractivity contribution in [1.29, 1.82) is 0 Å². The molecule has 3 rings (SSSR count). The second kappa shape index (κ2) is 8.04. The Hall–Kier alpha value is -2.97. The standard InChI is InChI=1S/C21H22F3NO5/c1-11-16(19(26)28-3)18(13-5-9-15(10-6-13)30-21(22,23)24)17(20(27)29-4)12(2)25(11)14-7-8-14/h5-6,9-10,14,18H,7-8H2,1-4H3. The molecule has 0 atom stereocenters.